The average Bonchev–Trinajstić information content (AvgIpc) is 2.77. The molecule has 3 aromatic rings. The first-order valence-electron chi connectivity index (χ1n) is 10.1. The molecule has 1 unspecified atom stereocenters. The molecule has 0 saturated heterocycles. The molecule has 1 heterocycles. The van der Waals surface area contributed by atoms with Crippen molar-refractivity contribution in [3.8, 4) is 22.8 Å². The summed E-state index contributed by atoms with van der Waals surface area (Å²) in [6.07, 6.45) is -0.657. The van der Waals surface area contributed by atoms with E-state index in [-0.39, 0.29) is 24.6 Å². The fourth-order valence-corrected chi connectivity index (χ4v) is 3.03. The summed E-state index contributed by atoms with van der Waals surface area (Å²) >= 11 is 0. The van der Waals surface area contributed by atoms with Crippen LogP contribution in [0.2, 0.25) is 0 Å². The third-order valence-corrected chi connectivity index (χ3v) is 4.89. The van der Waals surface area contributed by atoms with E-state index in [1.807, 2.05) is 56.3 Å². The minimum absolute atomic E-state index is 0.230. The van der Waals surface area contributed by atoms with Gasteiger partial charge in [0.2, 0.25) is 0 Å². The summed E-state index contributed by atoms with van der Waals surface area (Å²) in [5.74, 6) is 1.19. The average molecular weight is 421 g/mol. The first-order valence-corrected chi connectivity index (χ1v) is 10.1. The van der Waals surface area contributed by atoms with Crippen molar-refractivity contribution in [2.24, 2.45) is 0 Å². The molecule has 2 aromatic carbocycles. The summed E-state index contributed by atoms with van der Waals surface area (Å²) in [4.78, 5) is 24.6. The molecule has 0 bridgehead atoms. The summed E-state index contributed by atoms with van der Waals surface area (Å²) in [5.41, 5.74) is 3.34. The summed E-state index contributed by atoms with van der Waals surface area (Å²) in [7, 11) is 1.61. The molecule has 0 aliphatic rings. The molecule has 31 heavy (non-hydrogen) atoms. The number of hydrogen-bond donors (Lipinski definition) is 1. The number of nitrogens with zero attached hydrogens (tertiary/aromatic N) is 2. The number of aryl methyl sites for hydroxylation is 2. The number of carbonyl (C=O) groups is 1. The maximum absolute atomic E-state index is 12.4. The Balaban J connectivity index is 1.59. The summed E-state index contributed by atoms with van der Waals surface area (Å²) in [6, 6.07) is 16.5. The molecule has 0 aliphatic carbocycles. The Hall–Kier alpha value is -3.61. The Bertz CT molecular complexity index is 1110. The number of nitrogens with one attached hydrogen (secondary N) is 1. The Labute approximate surface area is 181 Å². The molecule has 0 saturated carbocycles. The van der Waals surface area contributed by atoms with Crippen molar-refractivity contribution < 1.29 is 14.3 Å². The molecule has 7 heteroatoms. The molecular weight excluding hydrogens is 394 g/mol. The van der Waals surface area contributed by atoms with E-state index in [0.717, 1.165) is 22.4 Å². The second-order valence-electron chi connectivity index (χ2n) is 7.33. The lowest BCUT2D eigenvalue weighted by Gasteiger charge is -2.17. The number of carbonyl (C=O) groups excluding carboxylic acids is 1. The zero-order valence-electron chi connectivity index (χ0n) is 18.2. The lowest BCUT2D eigenvalue weighted by Crippen LogP contribution is -2.39. The van der Waals surface area contributed by atoms with E-state index in [1.165, 1.54) is 10.7 Å². The SMILES string of the molecule is COc1ccc(-c2ccc(=O)n(CCNC(=O)C(C)Oc3cc(C)ccc3C)n2)cc1. The number of ether oxygens (including phenoxy) is 2. The monoisotopic (exact) mass is 421 g/mol. The van der Waals surface area contributed by atoms with Crippen molar-refractivity contribution in [2.45, 2.75) is 33.4 Å². The van der Waals surface area contributed by atoms with Crippen molar-refractivity contribution in [2.75, 3.05) is 13.7 Å². The first kappa shape index (κ1) is 22.1. The third-order valence-electron chi connectivity index (χ3n) is 4.89. The second-order valence-corrected chi connectivity index (χ2v) is 7.33. The molecule has 0 fully saturated rings. The van der Waals surface area contributed by atoms with E-state index in [2.05, 4.69) is 10.4 Å². The first-order chi connectivity index (χ1) is 14.9. The van der Waals surface area contributed by atoms with Gasteiger partial charge < -0.3 is 14.8 Å². The zero-order valence-corrected chi connectivity index (χ0v) is 18.2. The Kier molecular flexibility index (Phi) is 7.07. The van der Waals surface area contributed by atoms with Gasteiger partial charge in [-0.2, -0.15) is 5.10 Å². The molecule has 0 radical (unpaired) electrons. The van der Waals surface area contributed by atoms with Crippen LogP contribution in [0.25, 0.3) is 11.3 Å². The largest absolute Gasteiger partial charge is 0.497 e. The van der Waals surface area contributed by atoms with Gasteiger partial charge in [-0.05, 0) is 68.3 Å². The van der Waals surface area contributed by atoms with Crippen LogP contribution in [0.1, 0.15) is 18.1 Å². The quantitative estimate of drug-likeness (QED) is 0.604. The predicted octanol–water partition coefficient (Wildman–Crippen LogP) is 3.12. The van der Waals surface area contributed by atoms with Gasteiger partial charge in [0.25, 0.3) is 11.5 Å². The Morgan fingerprint density at radius 2 is 1.84 bits per heavy atom. The van der Waals surface area contributed by atoms with Crippen LogP contribution in [0, 0.1) is 13.8 Å². The van der Waals surface area contributed by atoms with Gasteiger partial charge in [0.15, 0.2) is 6.10 Å². The van der Waals surface area contributed by atoms with Gasteiger partial charge in [-0.25, -0.2) is 4.68 Å². The van der Waals surface area contributed by atoms with E-state index < -0.39 is 6.10 Å². The number of amides is 1. The molecule has 1 aromatic heterocycles. The summed E-state index contributed by atoms with van der Waals surface area (Å²) in [5, 5.41) is 7.22. The Morgan fingerprint density at radius 3 is 2.55 bits per heavy atom. The smallest absolute Gasteiger partial charge is 0.266 e. The van der Waals surface area contributed by atoms with E-state index >= 15 is 0 Å². The molecule has 1 amide bonds. The van der Waals surface area contributed by atoms with Crippen molar-refractivity contribution in [1.82, 2.24) is 15.1 Å². The lowest BCUT2D eigenvalue weighted by atomic mass is 10.1. The van der Waals surface area contributed by atoms with Gasteiger partial charge in [0.05, 0.1) is 19.3 Å². The molecule has 3 rings (SSSR count). The van der Waals surface area contributed by atoms with Gasteiger partial charge >= 0.3 is 0 Å². The van der Waals surface area contributed by atoms with Crippen LogP contribution in [0.15, 0.2) is 59.4 Å². The van der Waals surface area contributed by atoms with E-state index in [9.17, 15) is 9.59 Å². The van der Waals surface area contributed by atoms with Crippen LogP contribution in [-0.4, -0.2) is 35.4 Å². The van der Waals surface area contributed by atoms with Gasteiger partial charge in [-0.3, -0.25) is 9.59 Å². The van der Waals surface area contributed by atoms with Crippen LogP contribution in [-0.2, 0) is 11.3 Å². The number of aromatic nitrogens is 2. The van der Waals surface area contributed by atoms with Crippen LogP contribution in [0.4, 0.5) is 0 Å². The van der Waals surface area contributed by atoms with Gasteiger partial charge in [-0.1, -0.05) is 12.1 Å². The highest BCUT2D eigenvalue weighted by Gasteiger charge is 2.15. The zero-order chi connectivity index (χ0) is 22.4. The molecule has 1 N–H and O–H groups in total. The lowest BCUT2D eigenvalue weighted by molar-refractivity contribution is -0.127. The topological polar surface area (TPSA) is 82.5 Å². The molecule has 7 nitrogen and oxygen atoms in total. The van der Waals surface area contributed by atoms with Crippen molar-refractivity contribution in [3.63, 3.8) is 0 Å². The summed E-state index contributed by atoms with van der Waals surface area (Å²) < 4.78 is 12.3. The predicted molar refractivity (Wildman–Crippen MR) is 120 cm³/mol. The van der Waals surface area contributed by atoms with Crippen LogP contribution >= 0.6 is 0 Å². The fraction of sp³-hybridized carbons (Fsp3) is 0.292. The number of methoxy groups -OCH3 is 1. The van der Waals surface area contributed by atoms with Crippen LogP contribution < -0.4 is 20.3 Å². The van der Waals surface area contributed by atoms with Gasteiger partial charge in [0, 0.05) is 18.2 Å². The van der Waals surface area contributed by atoms with Crippen LogP contribution in [0.3, 0.4) is 0 Å². The van der Waals surface area contributed by atoms with E-state index in [4.69, 9.17) is 9.47 Å². The normalized spacial score (nSPS) is 11.6. The minimum atomic E-state index is -0.657. The van der Waals surface area contributed by atoms with E-state index in [0.29, 0.717) is 11.4 Å². The van der Waals surface area contributed by atoms with Crippen molar-refractivity contribution in [1.29, 1.82) is 0 Å². The van der Waals surface area contributed by atoms with Gasteiger partial charge in [-0.15, -0.1) is 0 Å². The molecular formula is C24H27N3O4. The Morgan fingerprint density at radius 1 is 1.10 bits per heavy atom. The fourth-order valence-electron chi connectivity index (χ4n) is 3.03. The standard InChI is InChI=1S/C24H27N3O4/c1-16-5-6-17(2)22(15-16)31-18(3)24(29)25-13-14-27-23(28)12-11-21(26-27)19-7-9-20(30-4)10-8-19/h5-12,15,18H,13-14H2,1-4H3,(H,25,29). The maximum atomic E-state index is 12.4. The van der Waals surface area contributed by atoms with E-state index in [1.54, 1.807) is 20.1 Å². The molecule has 0 aliphatic heterocycles. The van der Waals surface area contributed by atoms with Crippen molar-refractivity contribution in [3.05, 3.63) is 76.1 Å². The third kappa shape index (κ3) is 5.72. The van der Waals surface area contributed by atoms with Crippen LogP contribution in [0.5, 0.6) is 11.5 Å². The summed E-state index contributed by atoms with van der Waals surface area (Å²) in [6.45, 7) is 6.13. The molecule has 162 valence electrons. The molecule has 0 spiro atoms. The number of benzene rings is 2. The minimum Gasteiger partial charge on any atom is -0.497 e. The van der Waals surface area contributed by atoms with Crippen molar-refractivity contribution >= 4 is 5.91 Å². The number of hydrogen-bond acceptors (Lipinski definition) is 5. The maximum Gasteiger partial charge on any atom is 0.266 e. The highest BCUT2D eigenvalue weighted by molar-refractivity contribution is 5.80. The highest BCUT2D eigenvalue weighted by atomic mass is 16.5. The van der Waals surface area contributed by atoms with Gasteiger partial charge in [0.1, 0.15) is 11.5 Å². The highest BCUT2D eigenvalue weighted by Crippen LogP contribution is 2.21. The number of rotatable bonds is 8. The molecule has 1 atom stereocenters. The second kappa shape index (κ2) is 9.93.